The number of ether oxygens (including phenoxy) is 1. The number of alkyl halides is 1. The van der Waals surface area contributed by atoms with Gasteiger partial charge in [0, 0.05) is 5.88 Å². The molecular weight excluding hydrogens is 200 g/mol. The molecule has 2 nitrogen and oxygen atoms in total. The summed E-state index contributed by atoms with van der Waals surface area (Å²) in [5.41, 5.74) is 1.47. The Morgan fingerprint density at radius 2 is 2.21 bits per heavy atom. The number of halogens is 1. The van der Waals surface area contributed by atoms with Crippen LogP contribution in [0.5, 0.6) is 0 Å². The lowest BCUT2D eigenvalue weighted by molar-refractivity contribution is 0.0378. The Morgan fingerprint density at radius 3 is 2.79 bits per heavy atom. The van der Waals surface area contributed by atoms with Gasteiger partial charge in [-0.05, 0) is 31.5 Å². The molecule has 0 atom stereocenters. The average Bonchev–Trinajstić information content (AvgIpc) is 2.17. The highest BCUT2D eigenvalue weighted by Crippen LogP contribution is 2.09. The molecule has 0 saturated carbocycles. The zero-order valence-corrected chi connectivity index (χ0v) is 9.04. The summed E-state index contributed by atoms with van der Waals surface area (Å²) < 4.78 is 5.05. The predicted molar refractivity (Wildman–Crippen MR) is 56.6 cm³/mol. The molecule has 0 fully saturated rings. The molecule has 0 aromatic heterocycles. The zero-order chi connectivity index (χ0) is 10.6. The van der Waals surface area contributed by atoms with E-state index in [9.17, 15) is 4.79 Å². The monoisotopic (exact) mass is 212 g/mol. The number of hydrogen-bond donors (Lipinski definition) is 0. The van der Waals surface area contributed by atoms with Gasteiger partial charge in [-0.25, -0.2) is 4.79 Å². The summed E-state index contributed by atoms with van der Waals surface area (Å²) in [5, 5.41) is 0. The van der Waals surface area contributed by atoms with E-state index in [1.807, 2.05) is 19.9 Å². The lowest BCUT2D eigenvalue weighted by atomic mass is 10.1. The van der Waals surface area contributed by atoms with Crippen LogP contribution in [0.4, 0.5) is 0 Å². The fourth-order valence-electron chi connectivity index (χ4n) is 1.06. The standard InChI is InChI=1S/C11H13ClO2/c1-8(2)14-11(13)10-5-3-4-9(6-10)7-12/h3-6,8H,7H2,1-2H3. The molecule has 0 bridgehead atoms. The molecule has 0 spiro atoms. The molecule has 0 saturated heterocycles. The Kier molecular flexibility index (Phi) is 3.96. The summed E-state index contributed by atoms with van der Waals surface area (Å²) >= 11 is 5.66. The Morgan fingerprint density at radius 1 is 1.50 bits per heavy atom. The van der Waals surface area contributed by atoms with E-state index >= 15 is 0 Å². The normalized spacial score (nSPS) is 10.3. The Balaban J connectivity index is 2.79. The van der Waals surface area contributed by atoms with Crippen LogP contribution >= 0.6 is 11.6 Å². The van der Waals surface area contributed by atoms with E-state index in [1.165, 1.54) is 0 Å². The van der Waals surface area contributed by atoms with Gasteiger partial charge in [-0.15, -0.1) is 11.6 Å². The number of hydrogen-bond acceptors (Lipinski definition) is 2. The third-order valence-corrected chi connectivity index (χ3v) is 1.97. The molecule has 1 aromatic rings. The van der Waals surface area contributed by atoms with Crippen LogP contribution in [0.2, 0.25) is 0 Å². The third-order valence-electron chi connectivity index (χ3n) is 1.66. The molecular formula is C11H13ClO2. The number of carbonyl (C=O) groups excluding carboxylic acids is 1. The minimum atomic E-state index is -0.299. The van der Waals surface area contributed by atoms with Crippen LogP contribution in [0, 0.1) is 0 Å². The van der Waals surface area contributed by atoms with Crippen molar-refractivity contribution < 1.29 is 9.53 Å². The van der Waals surface area contributed by atoms with Gasteiger partial charge in [0.15, 0.2) is 0 Å². The summed E-state index contributed by atoms with van der Waals surface area (Å²) in [6.07, 6.45) is -0.0952. The highest BCUT2D eigenvalue weighted by molar-refractivity contribution is 6.17. The topological polar surface area (TPSA) is 26.3 Å². The molecule has 14 heavy (non-hydrogen) atoms. The number of esters is 1. The lowest BCUT2D eigenvalue weighted by Crippen LogP contribution is -2.11. The van der Waals surface area contributed by atoms with E-state index in [0.717, 1.165) is 5.56 Å². The van der Waals surface area contributed by atoms with Gasteiger partial charge in [-0.3, -0.25) is 0 Å². The van der Waals surface area contributed by atoms with Crippen molar-refractivity contribution in [2.24, 2.45) is 0 Å². The highest BCUT2D eigenvalue weighted by Gasteiger charge is 2.08. The summed E-state index contributed by atoms with van der Waals surface area (Å²) in [5.74, 6) is 0.106. The largest absolute Gasteiger partial charge is 0.459 e. The van der Waals surface area contributed by atoms with Gasteiger partial charge in [-0.2, -0.15) is 0 Å². The molecule has 0 amide bonds. The molecule has 0 aliphatic carbocycles. The van der Waals surface area contributed by atoms with Gasteiger partial charge >= 0.3 is 5.97 Å². The van der Waals surface area contributed by atoms with E-state index in [4.69, 9.17) is 16.3 Å². The van der Waals surface area contributed by atoms with Crippen molar-refractivity contribution >= 4 is 17.6 Å². The second-order valence-corrected chi connectivity index (χ2v) is 3.56. The number of benzene rings is 1. The number of rotatable bonds is 3. The first kappa shape index (κ1) is 11.1. The van der Waals surface area contributed by atoms with Crippen molar-refractivity contribution in [3.05, 3.63) is 35.4 Å². The summed E-state index contributed by atoms with van der Waals surface area (Å²) in [6, 6.07) is 7.15. The van der Waals surface area contributed by atoms with Crippen LogP contribution in [-0.2, 0) is 10.6 Å². The van der Waals surface area contributed by atoms with Crippen molar-refractivity contribution in [1.29, 1.82) is 0 Å². The van der Waals surface area contributed by atoms with Crippen molar-refractivity contribution in [1.82, 2.24) is 0 Å². The van der Waals surface area contributed by atoms with Crippen LogP contribution < -0.4 is 0 Å². The maximum atomic E-state index is 11.5. The van der Waals surface area contributed by atoms with Crippen LogP contribution in [-0.4, -0.2) is 12.1 Å². The molecule has 1 rings (SSSR count). The Hall–Kier alpha value is -1.02. The Labute approximate surface area is 88.8 Å². The van der Waals surface area contributed by atoms with Crippen LogP contribution in [0.25, 0.3) is 0 Å². The van der Waals surface area contributed by atoms with E-state index in [0.29, 0.717) is 11.4 Å². The van der Waals surface area contributed by atoms with Crippen LogP contribution in [0.15, 0.2) is 24.3 Å². The van der Waals surface area contributed by atoms with Crippen LogP contribution in [0.3, 0.4) is 0 Å². The Bertz CT molecular complexity index is 321. The maximum absolute atomic E-state index is 11.5. The third kappa shape index (κ3) is 3.04. The van der Waals surface area contributed by atoms with Gasteiger partial charge in [0.2, 0.25) is 0 Å². The second-order valence-electron chi connectivity index (χ2n) is 3.29. The molecule has 0 unspecified atom stereocenters. The minimum Gasteiger partial charge on any atom is -0.459 e. The zero-order valence-electron chi connectivity index (χ0n) is 8.29. The lowest BCUT2D eigenvalue weighted by Gasteiger charge is -2.08. The summed E-state index contributed by atoms with van der Waals surface area (Å²) in [4.78, 5) is 11.5. The number of carbonyl (C=O) groups is 1. The molecule has 0 N–H and O–H groups in total. The molecule has 0 radical (unpaired) electrons. The fraction of sp³-hybridized carbons (Fsp3) is 0.364. The minimum absolute atomic E-state index is 0.0952. The summed E-state index contributed by atoms with van der Waals surface area (Å²) in [7, 11) is 0. The molecule has 3 heteroatoms. The molecule has 1 aromatic carbocycles. The van der Waals surface area contributed by atoms with Crippen molar-refractivity contribution in [3.63, 3.8) is 0 Å². The van der Waals surface area contributed by atoms with E-state index in [1.54, 1.807) is 18.2 Å². The van der Waals surface area contributed by atoms with Gasteiger partial charge < -0.3 is 4.74 Å². The van der Waals surface area contributed by atoms with Crippen molar-refractivity contribution in [2.75, 3.05) is 0 Å². The van der Waals surface area contributed by atoms with Gasteiger partial charge in [0.05, 0.1) is 11.7 Å². The van der Waals surface area contributed by atoms with Gasteiger partial charge in [0.1, 0.15) is 0 Å². The first-order valence-electron chi connectivity index (χ1n) is 4.49. The van der Waals surface area contributed by atoms with Gasteiger partial charge in [0.25, 0.3) is 0 Å². The van der Waals surface area contributed by atoms with Crippen LogP contribution in [0.1, 0.15) is 29.8 Å². The maximum Gasteiger partial charge on any atom is 0.338 e. The molecule has 0 heterocycles. The first-order chi connectivity index (χ1) is 6.63. The van der Waals surface area contributed by atoms with E-state index in [-0.39, 0.29) is 12.1 Å². The average molecular weight is 213 g/mol. The molecule has 76 valence electrons. The first-order valence-corrected chi connectivity index (χ1v) is 5.03. The van der Waals surface area contributed by atoms with Crippen molar-refractivity contribution in [2.45, 2.75) is 25.8 Å². The SMILES string of the molecule is CC(C)OC(=O)c1cccc(CCl)c1. The van der Waals surface area contributed by atoms with Crippen molar-refractivity contribution in [3.8, 4) is 0 Å². The predicted octanol–water partition coefficient (Wildman–Crippen LogP) is 2.99. The summed E-state index contributed by atoms with van der Waals surface area (Å²) in [6.45, 7) is 3.65. The second kappa shape index (κ2) is 5.01. The van der Waals surface area contributed by atoms with Gasteiger partial charge in [-0.1, -0.05) is 12.1 Å². The van der Waals surface area contributed by atoms with E-state index in [2.05, 4.69) is 0 Å². The quantitative estimate of drug-likeness (QED) is 0.569. The van der Waals surface area contributed by atoms with E-state index < -0.39 is 0 Å². The highest BCUT2D eigenvalue weighted by atomic mass is 35.5. The molecule has 0 aliphatic rings. The fourth-order valence-corrected chi connectivity index (χ4v) is 1.23. The smallest absolute Gasteiger partial charge is 0.338 e. The molecule has 0 aliphatic heterocycles.